The number of carboxylic acid groups (broad SMARTS) is 3. The molecule has 0 fully saturated rings. The van der Waals surface area contributed by atoms with Crippen LogP contribution in [0.25, 0.3) is 0 Å². The molecule has 0 saturated heterocycles. The van der Waals surface area contributed by atoms with E-state index in [1.165, 1.54) is 24.3 Å². The summed E-state index contributed by atoms with van der Waals surface area (Å²) in [5, 5.41) is 34.6. The number of carboxylic acids is 3. The molecule has 0 amide bonds. The van der Waals surface area contributed by atoms with Gasteiger partial charge in [0.25, 0.3) is 10.1 Å². The number of rotatable bonds is 4. The third-order valence-electron chi connectivity index (χ3n) is 2.88. The van der Waals surface area contributed by atoms with Crippen LogP contribution >= 0.6 is 0 Å². The fraction of sp³-hybridized carbons (Fsp3) is 0. The summed E-state index contributed by atoms with van der Waals surface area (Å²) in [5.74, 6) is -4.50. The molecule has 0 aromatic heterocycles. The number of aromatic carboxylic acids is 3. The van der Waals surface area contributed by atoms with E-state index in [-0.39, 0.29) is 11.1 Å². The number of hydrogen-bond donors (Lipinski definition) is 5. The van der Waals surface area contributed by atoms with Crippen LogP contribution in [0, 0.1) is 0 Å². The van der Waals surface area contributed by atoms with Gasteiger partial charge in [0, 0.05) is 0 Å². The minimum atomic E-state index is -4.45. The maximum Gasteiger partial charge on any atom is 0.339 e. The molecule has 10 nitrogen and oxygen atoms in total. The molecule has 2 aromatic rings. The molecule has 0 aliphatic rings. The second-order valence-electron chi connectivity index (χ2n) is 4.62. The Hall–Kier alpha value is -3.44. The molecule has 26 heavy (non-hydrogen) atoms. The predicted molar refractivity (Wildman–Crippen MR) is 85.2 cm³/mol. The monoisotopic (exact) mass is 384 g/mol. The lowest BCUT2D eigenvalue weighted by atomic mass is 10.1. The van der Waals surface area contributed by atoms with Gasteiger partial charge in [0.15, 0.2) is 0 Å². The van der Waals surface area contributed by atoms with Gasteiger partial charge in [-0.15, -0.1) is 0 Å². The summed E-state index contributed by atoms with van der Waals surface area (Å²) >= 11 is 0. The lowest BCUT2D eigenvalue weighted by molar-refractivity contribution is 0.0651. The summed E-state index contributed by atoms with van der Waals surface area (Å²) in [5.41, 5.74) is -0.963. The molecule has 138 valence electrons. The molecule has 0 aliphatic carbocycles. The molecule has 0 atom stereocenters. The van der Waals surface area contributed by atoms with Gasteiger partial charge < -0.3 is 20.4 Å². The van der Waals surface area contributed by atoms with E-state index in [1.54, 1.807) is 0 Å². The third-order valence-corrected chi connectivity index (χ3v) is 3.73. The fourth-order valence-corrected chi connectivity index (χ4v) is 2.21. The Kier molecular flexibility index (Phi) is 6.41. The van der Waals surface area contributed by atoms with Crippen LogP contribution in [0.2, 0.25) is 0 Å². The van der Waals surface area contributed by atoms with E-state index in [1.807, 2.05) is 0 Å². The number of carbonyl (C=O) groups is 3. The molecule has 0 spiro atoms. The van der Waals surface area contributed by atoms with Gasteiger partial charge in [-0.3, -0.25) is 4.55 Å². The van der Waals surface area contributed by atoms with E-state index in [0.717, 1.165) is 12.1 Å². The topological polar surface area (TPSA) is 186 Å². The van der Waals surface area contributed by atoms with Crippen molar-refractivity contribution in [3.05, 3.63) is 59.2 Å². The lowest BCUT2D eigenvalue weighted by Gasteiger charge is -2.01. The number of phenols is 1. The zero-order valence-corrected chi connectivity index (χ0v) is 13.5. The van der Waals surface area contributed by atoms with E-state index in [4.69, 9.17) is 25.0 Å². The third kappa shape index (κ3) is 5.29. The Morgan fingerprint density at radius 3 is 1.50 bits per heavy atom. The molecular formula is C15H12O10S. The molecular weight excluding hydrogens is 372 g/mol. The van der Waals surface area contributed by atoms with Gasteiger partial charge in [0.05, 0.1) is 16.0 Å². The maximum absolute atomic E-state index is 10.6. The van der Waals surface area contributed by atoms with Gasteiger partial charge in [-0.2, -0.15) is 8.42 Å². The van der Waals surface area contributed by atoms with Crippen molar-refractivity contribution < 1.29 is 47.8 Å². The first-order valence-corrected chi connectivity index (χ1v) is 7.98. The van der Waals surface area contributed by atoms with Crippen molar-refractivity contribution >= 4 is 28.0 Å². The Labute approximate surface area is 146 Å². The van der Waals surface area contributed by atoms with Crippen LogP contribution in [-0.2, 0) is 10.1 Å². The van der Waals surface area contributed by atoms with Gasteiger partial charge in [-0.1, -0.05) is 12.1 Å². The van der Waals surface area contributed by atoms with Crippen LogP contribution < -0.4 is 0 Å². The molecule has 0 aliphatic heterocycles. The number of benzene rings is 2. The van der Waals surface area contributed by atoms with Crippen molar-refractivity contribution in [1.82, 2.24) is 0 Å². The lowest BCUT2D eigenvalue weighted by Crippen LogP contribution is -2.06. The molecule has 5 N–H and O–H groups in total. The van der Waals surface area contributed by atoms with E-state index in [2.05, 4.69) is 0 Å². The Balaban J connectivity index is 0.000000263. The van der Waals surface area contributed by atoms with Crippen molar-refractivity contribution in [2.75, 3.05) is 0 Å². The Bertz CT molecular complexity index is 929. The van der Waals surface area contributed by atoms with Crippen molar-refractivity contribution in [2.24, 2.45) is 0 Å². The average molecular weight is 384 g/mol. The Morgan fingerprint density at radius 2 is 1.15 bits per heavy atom. The molecule has 11 heteroatoms. The number of aromatic hydroxyl groups is 1. The summed E-state index contributed by atoms with van der Waals surface area (Å²) in [6.45, 7) is 0. The van der Waals surface area contributed by atoms with E-state index in [9.17, 15) is 22.8 Å². The van der Waals surface area contributed by atoms with Crippen LogP contribution in [0.1, 0.15) is 31.1 Å². The minimum absolute atomic E-state index is 0.190. The van der Waals surface area contributed by atoms with Gasteiger partial charge in [-0.05, 0) is 30.3 Å². The van der Waals surface area contributed by atoms with Crippen LogP contribution in [0.15, 0.2) is 47.4 Å². The largest absolute Gasteiger partial charge is 0.507 e. The quantitative estimate of drug-likeness (QED) is 0.482. The van der Waals surface area contributed by atoms with Crippen molar-refractivity contribution in [3.8, 4) is 5.75 Å². The zero-order chi connectivity index (χ0) is 20.1. The molecule has 0 heterocycles. The summed E-state index contributed by atoms with van der Waals surface area (Å²) in [7, 11) is -4.45. The summed E-state index contributed by atoms with van der Waals surface area (Å²) < 4.78 is 29.8. The first-order chi connectivity index (χ1) is 11.9. The van der Waals surface area contributed by atoms with Crippen LogP contribution in [0.4, 0.5) is 0 Å². The second kappa shape index (κ2) is 8.09. The van der Waals surface area contributed by atoms with Gasteiger partial charge in [0.1, 0.15) is 11.3 Å². The predicted octanol–water partition coefficient (Wildman–Crippen LogP) is 1.42. The maximum atomic E-state index is 10.6. The second-order valence-corrected chi connectivity index (χ2v) is 6.04. The smallest absolute Gasteiger partial charge is 0.339 e. The van der Waals surface area contributed by atoms with Gasteiger partial charge in [-0.25, -0.2) is 14.4 Å². The minimum Gasteiger partial charge on any atom is -0.507 e. The van der Waals surface area contributed by atoms with Gasteiger partial charge >= 0.3 is 17.9 Å². The summed E-state index contributed by atoms with van der Waals surface area (Å²) in [6.07, 6.45) is 0. The summed E-state index contributed by atoms with van der Waals surface area (Å²) in [4.78, 5) is 30.8. The van der Waals surface area contributed by atoms with Crippen LogP contribution in [-0.4, -0.2) is 51.3 Å². The van der Waals surface area contributed by atoms with E-state index < -0.39 is 44.2 Å². The SMILES string of the molecule is O=C(O)c1cc(S(=O)(=O)O)ccc1O.O=C(O)c1ccccc1C(=O)O. The highest BCUT2D eigenvalue weighted by molar-refractivity contribution is 7.85. The highest BCUT2D eigenvalue weighted by Gasteiger charge is 2.16. The molecule has 0 radical (unpaired) electrons. The molecule has 0 unspecified atom stereocenters. The normalized spacial score (nSPS) is 10.3. The van der Waals surface area contributed by atoms with Crippen molar-refractivity contribution in [3.63, 3.8) is 0 Å². The first kappa shape index (κ1) is 20.6. The Morgan fingerprint density at radius 1 is 0.731 bits per heavy atom. The van der Waals surface area contributed by atoms with Crippen molar-refractivity contribution in [2.45, 2.75) is 4.90 Å². The fourth-order valence-electron chi connectivity index (χ4n) is 1.70. The molecule has 2 rings (SSSR count). The molecule has 0 saturated carbocycles. The summed E-state index contributed by atoms with van der Waals surface area (Å²) in [6, 6.07) is 7.93. The van der Waals surface area contributed by atoms with Crippen LogP contribution in [0.3, 0.4) is 0 Å². The van der Waals surface area contributed by atoms with E-state index in [0.29, 0.717) is 6.07 Å². The van der Waals surface area contributed by atoms with E-state index >= 15 is 0 Å². The highest BCUT2D eigenvalue weighted by atomic mass is 32.2. The number of hydrogen-bond acceptors (Lipinski definition) is 6. The highest BCUT2D eigenvalue weighted by Crippen LogP contribution is 2.20. The standard InChI is InChI=1S/C8H6O4.C7H6O6S/c9-7(10)5-3-1-2-4-6(5)8(11)12;8-6-2-1-4(14(11,12)13)3-5(6)7(9)10/h1-4H,(H,9,10)(H,11,12);1-3,8H,(H,9,10)(H,11,12,13). The van der Waals surface area contributed by atoms with Gasteiger partial charge in [0.2, 0.25) is 0 Å². The first-order valence-electron chi connectivity index (χ1n) is 6.54. The zero-order valence-electron chi connectivity index (χ0n) is 12.7. The average Bonchev–Trinajstić information content (AvgIpc) is 2.54. The van der Waals surface area contributed by atoms with Crippen molar-refractivity contribution in [1.29, 1.82) is 0 Å². The molecule has 2 aromatic carbocycles. The molecule has 0 bridgehead atoms. The van der Waals surface area contributed by atoms with Crippen LogP contribution in [0.5, 0.6) is 5.75 Å².